The Morgan fingerprint density at radius 2 is 1.73 bits per heavy atom. The zero-order valence-electron chi connectivity index (χ0n) is 9.60. The Balaban J connectivity index is 4.61. The van der Waals surface area contributed by atoms with Crippen molar-refractivity contribution in [1.29, 1.82) is 0 Å². The van der Waals surface area contributed by atoms with Gasteiger partial charge in [0.1, 0.15) is 0 Å². The van der Waals surface area contributed by atoms with E-state index < -0.39 is 6.72 Å². The van der Waals surface area contributed by atoms with Crippen molar-refractivity contribution in [2.24, 2.45) is 0 Å². The molecule has 0 aromatic heterocycles. The standard InChI is InChI=1S/C8H19NO4PS/c1-5-9(10)8(4)13-14(15,11-6-2)12-7-3/h10H,5-7H2,1-4H3/q+1. The van der Waals surface area contributed by atoms with Gasteiger partial charge in [0.25, 0.3) is 0 Å². The van der Waals surface area contributed by atoms with Crippen LogP contribution in [0.4, 0.5) is 0 Å². The lowest BCUT2D eigenvalue weighted by Gasteiger charge is -2.18. The van der Waals surface area contributed by atoms with Gasteiger partial charge in [0.15, 0.2) is 6.54 Å². The van der Waals surface area contributed by atoms with Crippen molar-refractivity contribution in [1.82, 2.24) is 0 Å². The fourth-order valence-electron chi connectivity index (χ4n) is 0.838. The molecule has 0 aliphatic carbocycles. The van der Waals surface area contributed by atoms with Gasteiger partial charge in [-0.25, -0.2) is 0 Å². The van der Waals surface area contributed by atoms with E-state index in [9.17, 15) is 5.21 Å². The Morgan fingerprint density at radius 3 is 2.07 bits per heavy atom. The van der Waals surface area contributed by atoms with Crippen LogP contribution in [0, 0.1) is 0 Å². The zero-order chi connectivity index (χ0) is 11.9. The summed E-state index contributed by atoms with van der Waals surface area (Å²) in [6.07, 6.45) is 0. The van der Waals surface area contributed by atoms with Gasteiger partial charge in [0.05, 0.1) is 20.1 Å². The van der Waals surface area contributed by atoms with E-state index >= 15 is 0 Å². The second kappa shape index (κ2) is 7.17. The van der Waals surface area contributed by atoms with Crippen molar-refractivity contribution < 1.29 is 23.5 Å². The Bertz CT molecular complexity index is 259. The number of nitrogens with zero attached hydrogens (tertiary/aromatic N) is 1. The molecule has 0 fully saturated rings. The maximum Gasteiger partial charge on any atom is 0.388 e. The number of rotatable bonds is 6. The summed E-state index contributed by atoms with van der Waals surface area (Å²) in [5.74, 6) is 0.294. The van der Waals surface area contributed by atoms with Gasteiger partial charge in [0, 0.05) is 16.5 Å². The molecule has 0 rings (SSSR count). The van der Waals surface area contributed by atoms with Crippen LogP contribution >= 0.6 is 6.72 Å². The van der Waals surface area contributed by atoms with E-state index in [2.05, 4.69) is 0 Å². The summed E-state index contributed by atoms with van der Waals surface area (Å²) in [6.45, 7) is 5.54. The highest BCUT2D eigenvalue weighted by atomic mass is 32.5. The van der Waals surface area contributed by atoms with Crippen LogP contribution < -0.4 is 0 Å². The molecule has 15 heavy (non-hydrogen) atoms. The van der Waals surface area contributed by atoms with Crippen molar-refractivity contribution in [2.45, 2.75) is 27.7 Å². The minimum Gasteiger partial charge on any atom is -0.370 e. The summed E-state index contributed by atoms with van der Waals surface area (Å²) in [6, 6.07) is 0. The van der Waals surface area contributed by atoms with E-state index in [1.807, 2.05) is 13.8 Å². The fourth-order valence-corrected chi connectivity index (χ4v) is 3.02. The van der Waals surface area contributed by atoms with E-state index in [0.717, 1.165) is 4.74 Å². The maximum absolute atomic E-state index is 9.36. The van der Waals surface area contributed by atoms with Crippen LogP contribution in [0.5, 0.6) is 0 Å². The molecule has 0 radical (unpaired) electrons. The predicted molar refractivity (Wildman–Crippen MR) is 61.9 cm³/mol. The number of hydrogen-bond acceptors (Lipinski definition) is 5. The molecule has 7 heteroatoms. The Morgan fingerprint density at radius 1 is 1.27 bits per heavy atom. The lowest BCUT2D eigenvalue weighted by molar-refractivity contribution is -0.776. The first kappa shape index (κ1) is 14.8. The summed E-state index contributed by atoms with van der Waals surface area (Å²) >= 11 is 5.13. The molecule has 0 amide bonds. The normalized spacial score (nSPS) is 13.6. The Labute approximate surface area is 95.9 Å². The Hall–Kier alpha value is -0.160. The van der Waals surface area contributed by atoms with Crippen LogP contribution in [-0.4, -0.2) is 35.6 Å². The van der Waals surface area contributed by atoms with Crippen LogP contribution in [-0.2, 0) is 25.4 Å². The third-order valence-corrected chi connectivity index (χ3v) is 3.97. The summed E-state index contributed by atoms with van der Waals surface area (Å²) in [7, 11) is 0. The fraction of sp³-hybridized carbons (Fsp3) is 0.875. The van der Waals surface area contributed by atoms with Gasteiger partial charge in [-0.3, -0.25) is 14.3 Å². The molecular formula is C8H19NO4PS+. The molecule has 0 saturated carbocycles. The maximum atomic E-state index is 9.36. The molecule has 0 saturated heterocycles. The van der Waals surface area contributed by atoms with Crippen molar-refractivity contribution in [3.8, 4) is 0 Å². The van der Waals surface area contributed by atoms with Crippen molar-refractivity contribution >= 4 is 24.4 Å². The first-order valence-corrected chi connectivity index (χ1v) is 7.43. The smallest absolute Gasteiger partial charge is 0.370 e. The first-order chi connectivity index (χ1) is 6.99. The van der Waals surface area contributed by atoms with Gasteiger partial charge in [-0.2, -0.15) is 0 Å². The van der Waals surface area contributed by atoms with Gasteiger partial charge >= 0.3 is 12.6 Å². The molecule has 0 heterocycles. The Kier molecular flexibility index (Phi) is 7.09. The topological polar surface area (TPSA) is 50.9 Å². The highest BCUT2D eigenvalue weighted by molar-refractivity contribution is 8.07. The van der Waals surface area contributed by atoms with Crippen molar-refractivity contribution in [2.75, 3.05) is 19.8 Å². The van der Waals surface area contributed by atoms with Crippen molar-refractivity contribution in [3.05, 3.63) is 0 Å². The average molecular weight is 256 g/mol. The first-order valence-electron chi connectivity index (χ1n) is 4.87. The van der Waals surface area contributed by atoms with Crippen LogP contribution in [0.25, 0.3) is 0 Å². The van der Waals surface area contributed by atoms with Gasteiger partial charge in [-0.05, 0) is 20.8 Å². The lowest BCUT2D eigenvalue weighted by atomic mass is 10.7. The van der Waals surface area contributed by atoms with Gasteiger partial charge in [-0.15, -0.1) is 0 Å². The second-order valence-electron chi connectivity index (χ2n) is 2.61. The van der Waals surface area contributed by atoms with Crippen LogP contribution in [0.15, 0.2) is 0 Å². The van der Waals surface area contributed by atoms with Gasteiger partial charge in [-0.1, -0.05) is 0 Å². The summed E-state index contributed by atoms with van der Waals surface area (Å²) < 4.78 is 16.8. The number of hydrogen-bond donors (Lipinski definition) is 1. The molecule has 0 aliphatic rings. The van der Waals surface area contributed by atoms with Crippen molar-refractivity contribution in [3.63, 3.8) is 0 Å². The quantitative estimate of drug-likeness (QED) is 0.197. The minimum atomic E-state index is -2.75. The van der Waals surface area contributed by atoms with Crippen LogP contribution in [0.1, 0.15) is 27.7 Å². The molecule has 0 aromatic rings. The molecule has 0 aliphatic heterocycles. The van der Waals surface area contributed by atoms with E-state index in [4.69, 9.17) is 25.4 Å². The summed E-state index contributed by atoms with van der Waals surface area (Å²) in [4.78, 5) is 0. The predicted octanol–water partition coefficient (Wildman–Crippen LogP) is 2.14. The average Bonchev–Trinajstić information content (AvgIpc) is 2.16. The van der Waals surface area contributed by atoms with Crippen LogP contribution in [0.2, 0.25) is 0 Å². The monoisotopic (exact) mass is 256 g/mol. The molecule has 0 unspecified atom stereocenters. The van der Waals surface area contributed by atoms with E-state index in [1.54, 1.807) is 13.8 Å². The highest BCUT2D eigenvalue weighted by Crippen LogP contribution is 2.49. The zero-order valence-corrected chi connectivity index (χ0v) is 11.3. The molecule has 0 atom stereocenters. The molecule has 0 bridgehead atoms. The molecule has 0 aromatic carbocycles. The van der Waals surface area contributed by atoms with E-state index in [-0.39, 0.29) is 0 Å². The van der Waals surface area contributed by atoms with Crippen LogP contribution in [0.3, 0.4) is 0 Å². The van der Waals surface area contributed by atoms with Gasteiger partial charge < -0.3 is 4.52 Å². The highest BCUT2D eigenvalue weighted by Gasteiger charge is 2.25. The minimum absolute atomic E-state index is 0.294. The summed E-state index contributed by atoms with van der Waals surface area (Å²) in [5.41, 5.74) is 0. The third-order valence-electron chi connectivity index (χ3n) is 1.48. The SMILES string of the molecule is CCOP(=S)(OCC)OC(C)=[N+](O)CC. The molecule has 1 N–H and O–H groups in total. The van der Waals surface area contributed by atoms with E-state index in [1.165, 1.54) is 0 Å². The third kappa shape index (κ3) is 5.47. The van der Waals surface area contributed by atoms with Gasteiger partial charge in [0.2, 0.25) is 0 Å². The largest absolute Gasteiger partial charge is 0.388 e. The summed E-state index contributed by atoms with van der Waals surface area (Å²) in [5, 5.41) is 9.36. The molecule has 90 valence electrons. The number of hydroxylamine groups is 1. The lowest BCUT2D eigenvalue weighted by Crippen LogP contribution is -2.18. The second-order valence-corrected chi connectivity index (χ2v) is 5.54. The molecule has 5 nitrogen and oxygen atoms in total. The molecule has 0 spiro atoms. The van der Waals surface area contributed by atoms with E-state index in [0.29, 0.717) is 25.7 Å². The molecular weight excluding hydrogens is 237 g/mol.